The minimum absolute atomic E-state index is 0.191. The lowest BCUT2D eigenvalue weighted by molar-refractivity contribution is 0.101. The third-order valence-corrected chi connectivity index (χ3v) is 4.03. The van der Waals surface area contributed by atoms with Crippen LogP contribution in [0.4, 0.5) is 0 Å². The van der Waals surface area contributed by atoms with Gasteiger partial charge in [-0.1, -0.05) is 51.9 Å². The van der Waals surface area contributed by atoms with Gasteiger partial charge in [-0.3, -0.25) is 4.79 Å². The molecular weight excluding hydrogens is 280 g/mol. The van der Waals surface area contributed by atoms with Gasteiger partial charge in [0.15, 0.2) is 5.78 Å². The summed E-state index contributed by atoms with van der Waals surface area (Å²) in [7, 11) is 0. The zero-order valence-electron chi connectivity index (χ0n) is 14.0. The van der Waals surface area contributed by atoms with Crippen molar-refractivity contribution >= 4 is 5.78 Å². The summed E-state index contributed by atoms with van der Waals surface area (Å²) < 4.78 is 5.07. The normalized spacial score (nSPS) is 10.9. The molecule has 0 radical (unpaired) electrons. The Morgan fingerprint density at radius 3 is 2.14 bits per heavy atom. The summed E-state index contributed by atoms with van der Waals surface area (Å²) in [6.45, 7) is 5.13. The number of carbonyl (C=O) groups excluding carboxylic acids is 1. The van der Waals surface area contributed by atoms with Gasteiger partial charge in [0.25, 0.3) is 0 Å². The van der Waals surface area contributed by atoms with Crippen molar-refractivity contribution in [2.45, 2.75) is 78.6 Å². The van der Waals surface area contributed by atoms with Crippen LogP contribution < -0.4 is 5.63 Å². The van der Waals surface area contributed by atoms with Gasteiger partial charge in [-0.2, -0.15) is 0 Å². The Morgan fingerprint density at radius 2 is 1.59 bits per heavy atom. The molecule has 0 saturated carbocycles. The van der Waals surface area contributed by atoms with Crippen LogP contribution in [0.25, 0.3) is 0 Å². The first kappa shape index (κ1) is 18.5. The van der Waals surface area contributed by atoms with Gasteiger partial charge in [-0.15, -0.1) is 0 Å². The van der Waals surface area contributed by atoms with Crippen LogP contribution in [0.5, 0.6) is 5.75 Å². The molecule has 0 saturated heterocycles. The summed E-state index contributed by atoms with van der Waals surface area (Å²) in [4.78, 5) is 23.0. The molecule has 0 fully saturated rings. The predicted octanol–water partition coefficient (Wildman–Crippen LogP) is 4.54. The monoisotopic (exact) mass is 308 g/mol. The van der Waals surface area contributed by atoms with E-state index in [0.29, 0.717) is 17.7 Å². The Kier molecular flexibility index (Phi) is 7.92. The van der Waals surface area contributed by atoms with E-state index in [9.17, 15) is 14.7 Å². The van der Waals surface area contributed by atoms with Crippen LogP contribution in [-0.4, -0.2) is 10.9 Å². The molecule has 1 aromatic rings. The summed E-state index contributed by atoms with van der Waals surface area (Å²) in [5, 5.41) is 10.1. The quantitative estimate of drug-likeness (QED) is 0.509. The SMILES string of the molecule is CCCCCCCCCCc1c(C)oc(=O)c(C(C)=O)c1O. The maximum atomic E-state index is 11.6. The van der Waals surface area contributed by atoms with Crippen molar-refractivity contribution in [2.75, 3.05) is 0 Å². The summed E-state index contributed by atoms with van der Waals surface area (Å²) in [6, 6.07) is 0. The molecule has 0 amide bonds. The molecule has 1 heterocycles. The Bertz CT molecular complexity index is 543. The van der Waals surface area contributed by atoms with E-state index in [-0.39, 0.29) is 11.3 Å². The molecule has 1 rings (SSSR count). The smallest absolute Gasteiger partial charge is 0.350 e. The second-order valence-electron chi connectivity index (χ2n) is 5.93. The minimum Gasteiger partial charge on any atom is -0.506 e. The largest absolute Gasteiger partial charge is 0.506 e. The lowest BCUT2D eigenvalue weighted by Gasteiger charge is -2.09. The number of hydrogen-bond acceptors (Lipinski definition) is 4. The standard InChI is InChI=1S/C18H28O4/c1-4-5-6-7-8-9-10-11-12-15-14(3)22-18(21)16(13(2)19)17(15)20/h20H,4-12H2,1-3H3. The average molecular weight is 308 g/mol. The molecule has 4 heteroatoms. The van der Waals surface area contributed by atoms with Gasteiger partial charge in [0.1, 0.15) is 17.1 Å². The number of hydrogen-bond donors (Lipinski definition) is 1. The van der Waals surface area contributed by atoms with Crippen LogP contribution in [0.3, 0.4) is 0 Å². The molecule has 4 nitrogen and oxygen atoms in total. The second-order valence-corrected chi connectivity index (χ2v) is 5.93. The highest BCUT2D eigenvalue weighted by Gasteiger charge is 2.19. The van der Waals surface area contributed by atoms with Gasteiger partial charge in [-0.05, 0) is 26.7 Å². The summed E-state index contributed by atoms with van der Waals surface area (Å²) in [6.07, 6.45) is 10.2. The van der Waals surface area contributed by atoms with E-state index in [0.717, 1.165) is 12.8 Å². The summed E-state index contributed by atoms with van der Waals surface area (Å²) >= 11 is 0. The molecule has 0 aliphatic rings. The number of ketones is 1. The van der Waals surface area contributed by atoms with E-state index >= 15 is 0 Å². The number of unbranched alkanes of at least 4 members (excludes halogenated alkanes) is 7. The zero-order valence-corrected chi connectivity index (χ0v) is 14.0. The molecule has 0 unspecified atom stereocenters. The lowest BCUT2D eigenvalue weighted by Crippen LogP contribution is -2.14. The molecule has 0 aliphatic carbocycles. The first-order chi connectivity index (χ1) is 10.5. The molecule has 124 valence electrons. The van der Waals surface area contributed by atoms with Crippen LogP contribution in [0.2, 0.25) is 0 Å². The van der Waals surface area contributed by atoms with Crippen molar-refractivity contribution < 1.29 is 14.3 Å². The van der Waals surface area contributed by atoms with Gasteiger partial charge >= 0.3 is 5.63 Å². The van der Waals surface area contributed by atoms with Gasteiger partial charge in [0.2, 0.25) is 0 Å². The van der Waals surface area contributed by atoms with Crippen LogP contribution in [0, 0.1) is 6.92 Å². The third kappa shape index (κ3) is 5.32. The van der Waals surface area contributed by atoms with Crippen molar-refractivity contribution in [3.8, 4) is 5.75 Å². The van der Waals surface area contributed by atoms with E-state index in [1.165, 1.54) is 45.4 Å². The first-order valence-corrected chi connectivity index (χ1v) is 8.35. The van der Waals surface area contributed by atoms with Gasteiger partial charge in [-0.25, -0.2) is 4.79 Å². The molecule has 0 aromatic carbocycles. The first-order valence-electron chi connectivity index (χ1n) is 8.35. The fourth-order valence-electron chi connectivity index (χ4n) is 2.71. The maximum Gasteiger partial charge on any atom is 0.350 e. The Morgan fingerprint density at radius 1 is 1.05 bits per heavy atom. The number of aryl methyl sites for hydroxylation is 1. The summed E-state index contributed by atoms with van der Waals surface area (Å²) in [5.74, 6) is -0.233. The van der Waals surface area contributed by atoms with E-state index < -0.39 is 11.4 Å². The summed E-state index contributed by atoms with van der Waals surface area (Å²) in [5.41, 5.74) is -0.377. The Balaban J connectivity index is 2.51. The maximum absolute atomic E-state index is 11.6. The second kappa shape index (κ2) is 9.44. The lowest BCUT2D eigenvalue weighted by atomic mass is 10.0. The van der Waals surface area contributed by atoms with Crippen LogP contribution in [-0.2, 0) is 6.42 Å². The highest BCUT2D eigenvalue weighted by molar-refractivity contribution is 5.96. The van der Waals surface area contributed by atoms with Crippen LogP contribution in [0.15, 0.2) is 9.21 Å². The molecule has 0 aliphatic heterocycles. The molecular formula is C18H28O4. The van der Waals surface area contributed by atoms with Gasteiger partial charge < -0.3 is 9.52 Å². The van der Waals surface area contributed by atoms with Crippen molar-refractivity contribution in [3.63, 3.8) is 0 Å². The van der Waals surface area contributed by atoms with Crippen molar-refractivity contribution in [1.82, 2.24) is 0 Å². The highest BCUT2D eigenvalue weighted by Crippen LogP contribution is 2.25. The van der Waals surface area contributed by atoms with Gasteiger partial charge in [0, 0.05) is 5.56 Å². The van der Waals surface area contributed by atoms with E-state index in [2.05, 4.69) is 6.92 Å². The fourth-order valence-corrected chi connectivity index (χ4v) is 2.71. The molecule has 1 N–H and O–H groups in total. The van der Waals surface area contributed by atoms with Crippen LogP contribution in [0.1, 0.15) is 86.9 Å². The average Bonchev–Trinajstić information content (AvgIpc) is 2.43. The minimum atomic E-state index is -0.748. The molecule has 22 heavy (non-hydrogen) atoms. The Hall–Kier alpha value is -1.58. The van der Waals surface area contributed by atoms with Crippen molar-refractivity contribution in [1.29, 1.82) is 0 Å². The van der Waals surface area contributed by atoms with Crippen molar-refractivity contribution in [2.24, 2.45) is 0 Å². The molecule has 0 atom stereocenters. The van der Waals surface area contributed by atoms with Gasteiger partial charge in [0.05, 0.1) is 0 Å². The zero-order chi connectivity index (χ0) is 16.5. The predicted molar refractivity (Wildman–Crippen MR) is 87.7 cm³/mol. The fraction of sp³-hybridized carbons (Fsp3) is 0.667. The number of Topliss-reactive ketones (excluding diaryl/α,β-unsaturated/α-hetero) is 1. The molecule has 0 bridgehead atoms. The van der Waals surface area contributed by atoms with Crippen molar-refractivity contribution in [3.05, 3.63) is 27.3 Å². The number of rotatable bonds is 10. The Labute approximate surface area is 132 Å². The molecule has 0 spiro atoms. The number of carbonyl (C=O) groups is 1. The van der Waals surface area contributed by atoms with Crippen LogP contribution >= 0.6 is 0 Å². The van der Waals surface area contributed by atoms with E-state index in [4.69, 9.17) is 4.42 Å². The topological polar surface area (TPSA) is 67.5 Å². The third-order valence-electron chi connectivity index (χ3n) is 4.03. The highest BCUT2D eigenvalue weighted by atomic mass is 16.4. The number of aromatic hydroxyl groups is 1. The van der Waals surface area contributed by atoms with E-state index in [1.54, 1.807) is 6.92 Å². The van der Waals surface area contributed by atoms with E-state index in [1.807, 2.05) is 0 Å². The molecule has 1 aromatic heterocycles.